The van der Waals surface area contributed by atoms with Crippen molar-refractivity contribution in [2.24, 2.45) is 0 Å². The summed E-state index contributed by atoms with van der Waals surface area (Å²) >= 11 is 6.33. The molecule has 0 fully saturated rings. The van der Waals surface area contributed by atoms with Gasteiger partial charge in [-0.15, -0.1) is 0 Å². The maximum Gasteiger partial charge on any atom is 0.271 e. The summed E-state index contributed by atoms with van der Waals surface area (Å²) in [6.07, 6.45) is 4.37. The van der Waals surface area contributed by atoms with Gasteiger partial charge in [-0.3, -0.25) is 19.3 Å². The smallest absolute Gasteiger partial charge is 0.271 e. The molecule has 0 bridgehead atoms. The number of benzene rings is 1. The molecule has 1 aromatic carbocycles. The standard InChI is InChI=1S/C24H20ClN7O3/c1-3-19(33)30-18-11-14-13(7-8-26-17(14)12-28-18)20-21(22-24(34)27-9-10-32(22)31-20)29-16-6-4-5-15(25)23(16)35-2/h3-8,11-12,29H,1,9-10H2,2H3,(H,27,34)(H,28,30,33). The molecule has 0 atom stereocenters. The average Bonchev–Trinajstić information content (AvgIpc) is 3.23. The predicted octanol–water partition coefficient (Wildman–Crippen LogP) is 3.77. The van der Waals surface area contributed by atoms with E-state index in [0.717, 1.165) is 0 Å². The number of carbonyl (C=O) groups is 2. The molecule has 10 nitrogen and oxygen atoms in total. The van der Waals surface area contributed by atoms with Crippen LogP contribution in [0, 0.1) is 0 Å². The minimum Gasteiger partial charge on any atom is -0.493 e. The van der Waals surface area contributed by atoms with Gasteiger partial charge in [-0.25, -0.2) is 4.98 Å². The molecular weight excluding hydrogens is 470 g/mol. The van der Waals surface area contributed by atoms with E-state index < -0.39 is 0 Å². The monoisotopic (exact) mass is 489 g/mol. The number of amides is 2. The third-order valence-corrected chi connectivity index (χ3v) is 5.82. The average molecular weight is 490 g/mol. The van der Waals surface area contributed by atoms with Crippen molar-refractivity contribution >= 4 is 51.5 Å². The number of hydrogen-bond donors (Lipinski definition) is 3. The van der Waals surface area contributed by atoms with Crippen molar-refractivity contribution in [3.8, 4) is 17.0 Å². The number of nitrogens with one attached hydrogen (secondary N) is 3. The fourth-order valence-electron chi connectivity index (χ4n) is 3.97. The number of pyridine rings is 2. The number of rotatable bonds is 6. The van der Waals surface area contributed by atoms with Crippen LogP contribution in [0.5, 0.6) is 5.75 Å². The highest BCUT2D eigenvalue weighted by molar-refractivity contribution is 6.32. The molecule has 11 heteroatoms. The first-order chi connectivity index (χ1) is 17.0. The van der Waals surface area contributed by atoms with E-state index in [1.54, 1.807) is 47.4 Å². The van der Waals surface area contributed by atoms with E-state index in [1.165, 1.54) is 13.2 Å². The summed E-state index contributed by atoms with van der Waals surface area (Å²) in [5.74, 6) is 0.142. The number of fused-ring (bicyclic) bond motifs is 2. The summed E-state index contributed by atoms with van der Waals surface area (Å²) in [7, 11) is 1.52. The van der Waals surface area contributed by atoms with Crippen molar-refractivity contribution in [3.63, 3.8) is 0 Å². The van der Waals surface area contributed by atoms with Crippen LogP contribution in [0.3, 0.4) is 0 Å². The van der Waals surface area contributed by atoms with Crippen LogP contribution in [-0.2, 0) is 11.3 Å². The minimum atomic E-state index is -0.383. The number of nitrogens with zero attached hydrogens (tertiary/aromatic N) is 4. The molecule has 2 amide bonds. The molecule has 1 aliphatic heterocycles. The molecule has 0 spiro atoms. The first-order valence-electron chi connectivity index (χ1n) is 10.7. The second kappa shape index (κ2) is 9.07. The molecule has 0 unspecified atom stereocenters. The maximum atomic E-state index is 12.9. The highest BCUT2D eigenvalue weighted by Gasteiger charge is 2.29. The van der Waals surface area contributed by atoms with E-state index in [9.17, 15) is 9.59 Å². The van der Waals surface area contributed by atoms with Crippen molar-refractivity contribution in [1.29, 1.82) is 0 Å². The Balaban J connectivity index is 1.72. The number of aromatic nitrogens is 4. The lowest BCUT2D eigenvalue weighted by Gasteiger charge is -2.17. The van der Waals surface area contributed by atoms with Crippen molar-refractivity contribution in [3.05, 3.63) is 66.1 Å². The Kier molecular flexibility index (Phi) is 5.79. The van der Waals surface area contributed by atoms with Gasteiger partial charge in [-0.05, 0) is 30.3 Å². The summed E-state index contributed by atoms with van der Waals surface area (Å²) in [6, 6.07) is 8.81. The first kappa shape index (κ1) is 22.4. The molecule has 1 aliphatic rings. The van der Waals surface area contributed by atoms with E-state index in [2.05, 4.69) is 32.5 Å². The highest BCUT2D eigenvalue weighted by Crippen LogP contribution is 2.40. The van der Waals surface area contributed by atoms with E-state index in [0.29, 0.717) is 68.9 Å². The van der Waals surface area contributed by atoms with Gasteiger partial charge >= 0.3 is 0 Å². The van der Waals surface area contributed by atoms with Crippen LogP contribution in [0.2, 0.25) is 5.02 Å². The molecule has 176 valence electrons. The van der Waals surface area contributed by atoms with Gasteiger partial charge in [-0.1, -0.05) is 24.2 Å². The molecule has 0 saturated carbocycles. The number of ether oxygens (including phenoxy) is 1. The molecule has 4 aromatic rings. The Morgan fingerprint density at radius 2 is 2.17 bits per heavy atom. The van der Waals surface area contributed by atoms with Gasteiger partial charge in [0.25, 0.3) is 5.91 Å². The summed E-state index contributed by atoms with van der Waals surface area (Å²) in [5, 5.41) is 14.7. The fourth-order valence-corrected chi connectivity index (χ4v) is 4.22. The van der Waals surface area contributed by atoms with Crippen LogP contribution in [0.1, 0.15) is 10.5 Å². The summed E-state index contributed by atoms with van der Waals surface area (Å²) in [4.78, 5) is 33.3. The zero-order valence-corrected chi connectivity index (χ0v) is 19.4. The lowest BCUT2D eigenvalue weighted by atomic mass is 10.0. The fraction of sp³-hybridized carbons (Fsp3) is 0.125. The molecule has 4 heterocycles. The lowest BCUT2D eigenvalue weighted by molar-refractivity contribution is -0.111. The normalized spacial score (nSPS) is 12.6. The van der Waals surface area contributed by atoms with Gasteiger partial charge in [0.15, 0.2) is 5.75 Å². The van der Waals surface area contributed by atoms with Gasteiger partial charge in [0.05, 0.1) is 41.8 Å². The summed E-state index contributed by atoms with van der Waals surface area (Å²) in [5.41, 5.74) is 3.27. The van der Waals surface area contributed by atoms with E-state index in [1.807, 2.05) is 0 Å². The third-order valence-electron chi connectivity index (χ3n) is 5.53. The largest absolute Gasteiger partial charge is 0.493 e. The number of hydrogen-bond acceptors (Lipinski definition) is 7. The van der Waals surface area contributed by atoms with E-state index in [4.69, 9.17) is 21.4 Å². The van der Waals surface area contributed by atoms with Crippen LogP contribution >= 0.6 is 11.6 Å². The topological polar surface area (TPSA) is 123 Å². The molecule has 5 rings (SSSR count). The predicted molar refractivity (Wildman–Crippen MR) is 133 cm³/mol. The van der Waals surface area contributed by atoms with Gasteiger partial charge in [0, 0.05) is 23.7 Å². The Bertz CT molecular complexity index is 1500. The van der Waals surface area contributed by atoms with Crippen LogP contribution < -0.4 is 20.7 Å². The Labute approximate surface area is 205 Å². The van der Waals surface area contributed by atoms with Crippen LogP contribution in [0.25, 0.3) is 22.2 Å². The third kappa shape index (κ3) is 4.04. The van der Waals surface area contributed by atoms with Crippen LogP contribution in [0.15, 0.2) is 55.4 Å². The summed E-state index contributed by atoms with van der Waals surface area (Å²) < 4.78 is 7.15. The van der Waals surface area contributed by atoms with Gasteiger partial charge in [0.2, 0.25) is 5.91 Å². The second-order valence-corrected chi connectivity index (χ2v) is 8.04. The molecule has 0 radical (unpaired) electrons. The first-order valence-corrected chi connectivity index (χ1v) is 11.0. The maximum absolute atomic E-state index is 12.9. The van der Waals surface area contributed by atoms with Gasteiger partial charge < -0.3 is 20.7 Å². The quantitative estimate of drug-likeness (QED) is 0.352. The number of carbonyl (C=O) groups excluding carboxylic acids is 2. The minimum absolute atomic E-state index is 0.252. The zero-order valence-electron chi connectivity index (χ0n) is 18.6. The molecule has 35 heavy (non-hydrogen) atoms. The van der Waals surface area contributed by atoms with Crippen molar-refractivity contribution in [2.75, 3.05) is 24.3 Å². The van der Waals surface area contributed by atoms with Crippen LogP contribution in [-0.4, -0.2) is 45.2 Å². The Morgan fingerprint density at radius 1 is 1.31 bits per heavy atom. The molecule has 3 aromatic heterocycles. The SMILES string of the molecule is C=CC(=O)Nc1cc2c(-c3nn4c(c3Nc3cccc(Cl)c3OC)C(=O)NCC4)ccnc2cn1. The number of anilines is 3. The lowest BCUT2D eigenvalue weighted by Crippen LogP contribution is -2.35. The molecular formula is C24H20ClN7O3. The van der Waals surface area contributed by atoms with Gasteiger partial charge in [0.1, 0.15) is 17.2 Å². The number of halogens is 1. The number of para-hydroxylation sites is 1. The Hall–Kier alpha value is -4.44. The van der Waals surface area contributed by atoms with Crippen LogP contribution in [0.4, 0.5) is 17.2 Å². The van der Waals surface area contributed by atoms with E-state index >= 15 is 0 Å². The highest BCUT2D eigenvalue weighted by atomic mass is 35.5. The summed E-state index contributed by atoms with van der Waals surface area (Å²) in [6.45, 7) is 4.44. The second-order valence-electron chi connectivity index (χ2n) is 7.64. The van der Waals surface area contributed by atoms with Crippen molar-refractivity contribution < 1.29 is 14.3 Å². The molecule has 0 aliphatic carbocycles. The van der Waals surface area contributed by atoms with Gasteiger partial charge in [-0.2, -0.15) is 5.10 Å². The van der Waals surface area contributed by atoms with Crippen molar-refractivity contribution in [1.82, 2.24) is 25.1 Å². The van der Waals surface area contributed by atoms with Crippen molar-refractivity contribution in [2.45, 2.75) is 6.54 Å². The van der Waals surface area contributed by atoms with E-state index in [-0.39, 0.29) is 11.8 Å². The molecule has 0 saturated heterocycles. The molecule has 3 N–H and O–H groups in total. The zero-order chi connectivity index (χ0) is 24.5. The Morgan fingerprint density at radius 3 is 2.97 bits per heavy atom. The number of methoxy groups -OCH3 is 1.